The van der Waals surface area contributed by atoms with Crippen molar-refractivity contribution in [3.8, 4) is 17.5 Å². The van der Waals surface area contributed by atoms with Crippen LogP contribution >= 0.6 is 0 Å². The van der Waals surface area contributed by atoms with Crippen LogP contribution in [0.25, 0.3) is 27.9 Å². The van der Waals surface area contributed by atoms with Crippen LogP contribution in [0.5, 0.6) is 0 Å². The standard InChI is InChI=1S/C26H21N7O2S/c27-18-20-10-4-7-13-23(20)36(34,35)32-16-14-31(15-17-32)26-28-22-12-6-5-11-21(22)25-30-29-24(33(25)26)19-8-2-1-3-9-19/h1-13H,14-17H2. The van der Waals surface area contributed by atoms with E-state index in [1.807, 2.05) is 65.1 Å². The van der Waals surface area contributed by atoms with E-state index in [1.165, 1.54) is 16.4 Å². The molecule has 1 saturated heterocycles. The molecule has 0 aliphatic carbocycles. The summed E-state index contributed by atoms with van der Waals surface area (Å²) in [6, 6.07) is 25.9. The van der Waals surface area contributed by atoms with E-state index in [9.17, 15) is 13.7 Å². The van der Waals surface area contributed by atoms with Gasteiger partial charge in [-0.1, -0.05) is 54.6 Å². The molecule has 2 aromatic heterocycles. The molecule has 0 radical (unpaired) electrons. The van der Waals surface area contributed by atoms with Gasteiger partial charge in [0.2, 0.25) is 16.0 Å². The highest BCUT2D eigenvalue weighted by molar-refractivity contribution is 7.89. The first-order valence-electron chi connectivity index (χ1n) is 11.5. The minimum absolute atomic E-state index is 0.0392. The summed E-state index contributed by atoms with van der Waals surface area (Å²) in [6.07, 6.45) is 0. The lowest BCUT2D eigenvalue weighted by molar-refractivity contribution is 0.382. The molecule has 9 nitrogen and oxygen atoms in total. The van der Waals surface area contributed by atoms with Crippen molar-refractivity contribution in [2.75, 3.05) is 31.1 Å². The van der Waals surface area contributed by atoms with Gasteiger partial charge in [-0.25, -0.2) is 17.8 Å². The lowest BCUT2D eigenvalue weighted by Crippen LogP contribution is -2.49. The van der Waals surface area contributed by atoms with E-state index >= 15 is 0 Å². The topological polar surface area (TPSA) is 107 Å². The summed E-state index contributed by atoms with van der Waals surface area (Å²) in [5.41, 5.74) is 2.56. The van der Waals surface area contributed by atoms with Crippen LogP contribution in [0, 0.1) is 11.3 Å². The molecular formula is C26H21N7O2S. The van der Waals surface area contributed by atoms with Crippen molar-refractivity contribution < 1.29 is 8.42 Å². The lowest BCUT2D eigenvalue weighted by Gasteiger charge is -2.35. The summed E-state index contributed by atoms with van der Waals surface area (Å²) in [5.74, 6) is 1.35. The number of hydrogen-bond donors (Lipinski definition) is 0. The maximum Gasteiger partial charge on any atom is 0.244 e. The van der Waals surface area contributed by atoms with Gasteiger partial charge in [0.05, 0.1) is 16.0 Å². The van der Waals surface area contributed by atoms with E-state index in [2.05, 4.69) is 15.1 Å². The van der Waals surface area contributed by atoms with E-state index in [0.717, 1.165) is 16.5 Å². The predicted molar refractivity (Wildman–Crippen MR) is 136 cm³/mol. The van der Waals surface area contributed by atoms with E-state index in [4.69, 9.17) is 4.98 Å². The van der Waals surface area contributed by atoms with Gasteiger partial charge in [0.15, 0.2) is 11.5 Å². The number of para-hydroxylation sites is 1. The van der Waals surface area contributed by atoms with Crippen LogP contribution in [-0.2, 0) is 10.0 Å². The highest BCUT2D eigenvalue weighted by Gasteiger charge is 2.32. The Labute approximate surface area is 207 Å². The second-order valence-corrected chi connectivity index (χ2v) is 10.4. The van der Waals surface area contributed by atoms with Crippen LogP contribution < -0.4 is 4.90 Å². The molecule has 5 aromatic rings. The summed E-state index contributed by atoms with van der Waals surface area (Å²) >= 11 is 0. The zero-order chi connectivity index (χ0) is 24.7. The largest absolute Gasteiger partial charge is 0.339 e. The average molecular weight is 496 g/mol. The van der Waals surface area contributed by atoms with Crippen LogP contribution in [0.1, 0.15) is 5.56 Å². The van der Waals surface area contributed by atoms with Gasteiger partial charge < -0.3 is 4.90 Å². The molecule has 178 valence electrons. The molecule has 0 spiro atoms. The van der Waals surface area contributed by atoms with Gasteiger partial charge in [-0.15, -0.1) is 10.2 Å². The normalized spacial score (nSPS) is 14.8. The number of fused-ring (bicyclic) bond motifs is 3. The van der Waals surface area contributed by atoms with Crippen molar-refractivity contribution in [3.63, 3.8) is 0 Å². The number of piperazine rings is 1. The van der Waals surface area contributed by atoms with Gasteiger partial charge in [-0.2, -0.15) is 9.57 Å². The Bertz CT molecular complexity index is 1740. The fraction of sp³-hybridized carbons (Fsp3) is 0.154. The van der Waals surface area contributed by atoms with Crippen LogP contribution in [-0.4, -0.2) is 58.5 Å². The third-order valence-electron chi connectivity index (χ3n) is 6.41. The highest BCUT2D eigenvalue weighted by Crippen LogP contribution is 2.29. The van der Waals surface area contributed by atoms with E-state index < -0.39 is 10.0 Å². The Morgan fingerprint density at radius 1 is 0.806 bits per heavy atom. The number of rotatable bonds is 4. The number of aromatic nitrogens is 4. The summed E-state index contributed by atoms with van der Waals surface area (Å²) < 4.78 is 30.0. The molecule has 0 amide bonds. The Hall–Kier alpha value is -4.33. The monoisotopic (exact) mass is 495 g/mol. The minimum Gasteiger partial charge on any atom is -0.339 e. The Kier molecular flexibility index (Phi) is 5.36. The molecule has 0 bridgehead atoms. The number of nitrogens with zero attached hydrogens (tertiary/aromatic N) is 7. The summed E-state index contributed by atoms with van der Waals surface area (Å²) in [4.78, 5) is 7.06. The fourth-order valence-electron chi connectivity index (χ4n) is 4.60. The number of hydrogen-bond acceptors (Lipinski definition) is 7. The third-order valence-corrected chi connectivity index (χ3v) is 8.36. The molecule has 3 heterocycles. The maximum absolute atomic E-state index is 13.3. The molecule has 3 aromatic carbocycles. The molecular weight excluding hydrogens is 474 g/mol. The second-order valence-electron chi connectivity index (χ2n) is 8.48. The van der Waals surface area contributed by atoms with Crippen LogP contribution in [0.3, 0.4) is 0 Å². The number of nitriles is 1. The van der Waals surface area contributed by atoms with E-state index in [1.54, 1.807) is 12.1 Å². The van der Waals surface area contributed by atoms with E-state index in [0.29, 0.717) is 30.5 Å². The molecule has 6 rings (SSSR count). The van der Waals surface area contributed by atoms with Gasteiger partial charge in [-0.3, -0.25) is 0 Å². The van der Waals surface area contributed by atoms with Crippen LogP contribution in [0.15, 0.2) is 83.8 Å². The SMILES string of the molecule is N#Cc1ccccc1S(=O)(=O)N1CCN(c2nc3ccccc3c3nnc(-c4ccccc4)n23)CC1. The molecule has 0 atom stereocenters. The summed E-state index contributed by atoms with van der Waals surface area (Å²) in [6.45, 7) is 1.39. The van der Waals surface area contributed by atoms with Gasteiger partial charge in [0.1, 0.15) is 6.07 Å². The second kappa shape index (κ2) is 8.71. The average Bonchev–Trinajstić information content (AvgIpc) is 3.39. The van der Waals surface area contributed by atoms with Crippen molar-refractivity contribution in [1.82, 2.24) is 23.9 Å². The van der Waals surface area contributed by atoms with Crippen LogP contribution in [0.4, 0.5) is 5.95 Å². The van der Waals surface area contributed by atoms with E-state index in [-0.39, 0.29) is 23.5 Å². The molecule has 1 aliphatic heterocycles. The molecule has 10 heteroatoms. The first-order chi connectivity index (χ1) is 17.6. The Morgan fingerprint density at radius 2 is 1.50 bits per heavy atom. The van der Waals surface area contributed by atoms with Crippen molar-refractivity contribution in [2.24, 2.45) is 0 Å². The highest BCUT2D eigenvalue weighted by atomic mass is 32.2. The van der Waals surface area contributed by atoms with Gasteiger partial charge in [0.25, 0.3) is 0 Å². The lowest BCUT2D eigenvalue weighted by atomic mass is 10.2. The smallest absolute Gasteiger partial charge is 0.244 e. The van der Waals surface area contributed by atoms with Crippen molar-refractivity contribution >= 4 is 32.5 Å². The Morgan fingerprint density at radius 3 is 2.28 bits per heavy atom. The van der Waals surface area contributed by atoms with Gasteiger partial charge in [0, 0.05) is 37.1 Å². The van der Waals surface area contributed by atoms with Crippen molar-refractivity contribution in [3.05, 3.63) is 84.4 Å². The summed E-state index contributed by atoms with van der Waals surface area (Å²) in [5, 5.41) is 19.3. The molecule has 0 N–H and O–H groups in total. The molecule has 0 saturated carbocycles. The minimum atomic E-state index is -3.80. The first kappa shape index (κ1) is 22.2. The maximum atomic E-state index is 13.3. The number of sulfonamides is 1. The zero-order valence-corrected chi connectivity index (χ0v) is 20.0. The quantitative estimate of drug-likeness (QED) is 0.376. The zero-order valence-electron chi connectivity index (χ0n) is 19.2. The van der Waals surface area contributed by atoms with Crippen molar-refractivity contribution in [1.29, 1.82) is 5.26 Å². The molecule has 1 aliphatic rings. The van der Waals surface area contributed by atoms with Crippen LogP contribution in [0.2, 0.25) is 0 Å². The van der Waals surface area contributed by atoms with Crippen molar-refractivity contribution in [2.45, 2.75) is 4.90 Å². The molecule has 1 fully saturated rings. The fourth-order valence-corrected chi connectivity index (χ4v) is 6.17. The molecule has 36 heavy (non-hydrogen) atoms. The number of anilines is 1. The first-order valence-corrected chi connectivity index (χ1v) is 13.0. The third kappa shape index (κ3) is 3.57. The van der Waals surface area contributed by atoms with Gasteiger partial charge in [-0.05, 0) is 24.3 Å². The van der Waals surface area contributed by atoms with Gasteiger partial charge >= 0.3 is 0 Å². The molecule has 0 unspecified atom stereocenters. The number of benzene rings is 3. The Balaban J connectivity index is 1.40. The summed E-state index contributed by atoms with van der Waals surface area (Å²) in [7, 11) is -3.80. The predicted octanol–water partition coefficient (Wildman–Crippen LogP) is 3.33.